The highest BCUT2D eigenvalue weighted by Gasteiger charge is 2.29. The third kappa shape index (κ3) is 12.2. The molecule has 0 spiro atoms. The molecule has 0 amide bonds. The van der Waals surface area contributed by atoms with Crippen molar-refractivity contribution in [2.75, 3.05) is 66.1 Å². The van der Waals surface area contributed by atoms with E-state index in [1.54, 1.807) is 13.8 Å². The molecule has 0 aromatic rings. The highest BCUT2D eigenvalue weighted by molar-refractivity contribution is 7.67. The Balaban J connectivity index is 1.94. The lowest BCUT2D eigenvalue weighted by Gasteiger charge is -2.32. The molecular formula is C21H43NO10P2. The van der Waals surface area contributed by atoms with E-state index in [2.05, 4.69) is 5.18 Å². The lowest BCUT2D eigenvalue weighted by atomic mass is 10.0. The Morgan fingerprint density at radius 3 is 1.68 bits per heavy atom. The number of hydrogen-bond donors (Lipinski definition) is 2. The van der Waals surface area contributed by atoms with Gasteiger partial charge in [0, 0.05) is 5.66 Å². The Morgan fingerprint density at radius 1 is 0.765 bits per heavy atom. The topological polar surface area (TPSA) is 142 Å². The summed E-state index contributed by atoms with van der Waals surface area (Å²) in [5.74, 6) is 0. The maximum Gasteiger partial charge on any atom is 0.330 e. The summed E-state index contributed by atoms with van der Waals surface area (Å²) in [6, 6.07) is -0.856. The van der Waals surface area contributed by atoms with Crippen molar-refractivity contribution in [1.29, 1.82) is 0 Å². The lowest BCUT2D eigenvalue weighted by molar-refractivity contribution is -0.00674. The highest BCUT2D eigenvalue weighted by Crippen LogP contribution is 2.54. The summed E-state index contributed by atoms with van der Waals surface area (Å²) in [4.78, 5) is 31.2. The van der Waals surface area contributed by atoms with Gasteiger partial charge in [0.15, 0.2) is 0 Å². The summed E-state index contributed by atoms with van der Waals surface area (Å²) in [7, 11) is -6.15. The van der Waals surface area contributed by atoms with Crippen molar-refractivity contribution in [1.82, 2.24) is 0 Å². The van der Waals surface area contributed by atoms with Crippen LogP contribution in [0.4, 0.5) is 0 Å². The molecule has 34 heavy (non-hydrogen) atoms. The molecule has 202 valence electrons. The Bertz CT molecular complexity index is 668. The van der Waals surface area contributed by atoms with E-state index >= 15 is 0 Å². The van der Waals surface area contributed by atoms with Crippen LogP contribution < -0.4 is 0 Å². The monoisotopic (exact) mass is 531 g/mol. The van der Waals surface area contributed by atoms with Crippen LogP contribution in [-0.4, -0.2) is 98.5 Å². The molecule has 13 heteroatoms. The van der Waals surface area contributed by atoms with E-state index in [1.807, 2.05) is 13.8 Å². The number of nitrogens with zero attached hydrogens (tertiary/aromatic N) is 1. The molecule has 1 saturated carbocycles. The fourth-order valence-electron chi connectivity index (χ4n) is 2.83. The number of nitroso groups, excluding NO2 is 1. The maximum absolute atomic E-state index is 11.7. The van der Waals surface area contributed by atoms with Gasteiger partial charge >= 0.3 is 7.60 Å². The van der Waals surface area contributed by atoms with Crippen molar-refractivity contribution in [2.45, 2.75) is 64.3 Å². The third-order valence-corrected chi connectivity index (χ3v) is 10.4. The van der Waals surface area contributed by atoms with Crippen LogP contribution >= 0.6 is 14.9 Å². The SMILES string of the molecule is CC(C)P(=O)(O)OCC(COCCOCCOCCOCCOP(O)(=C1CCC1)C(C)C)N=O. The molecular weight excluding hydrogens is 488 g/mol. The third-order valence-electron chi connectivity index (χ3n) is 5.28. The molecule has 1 aliphatic rings. The first-order chi connectivity index (χ1) is 16.1. The second-order valence-corrected chi connectivity index (χ2v) is 14.2. The van der Waals surface area contributed by atoms with E-state index in [9.17, 15) is 19.3 Å². The quantitative estimate of drug-likeness (QED) is 0.128. The molecule has 0 aliphatic heterocycles. The lowest BCUT2D eigenvalue weighted by Crippen LogP contribution is -2.21. The van der Waals surface area contributed by atoms with Crippen LogP contribution in [0, 0.1) is 4.91 Å². The van der Waals surface area contributed by atoms with Crippen LogP contribution in [0.15, 0.2) is 5.18 Å². The van der Waals surface area contributed by atoms with Gasteiger partial charge in [0.1, 0.15) is 13.4 Å². The summed E-state index contributed by atoms with van der Waals surface area (Å²) in [5.41, 5.74) is -0.435. The van der Waals surface area contributed by atoms with Crippen LogP contribution in [0.3, 0.4) is 0 Å². The van der Waals surface area contributed by atoms with Crippen molar-refractivity contribution >= 4 is 20.2 Å². The van der Waals surface area contributed by atoms with E-state index in [-0.39, 0.29) is 25.5 Å². The zero-order chi connectivity index (χ0) is 25.5. The molecule has 0 radical (unpaired) electrons. The van der Waals surface area contributed by atoms with Gasteiger partial charge in [0.05, 0.1) is 71.7 Å². The summed E-state index contributed by atoms with van der Waals surface area (Å²) in [6.45, 7) is 9.86. The maximum atomic E-state index is 11.7. The summed E-state index contributed by atoms with van der Waals surface area (Å²) < 4.78 is 44.0. The van der Waals surface area contributed by atoms with Gasteiger partial charge in [-0.05, 0) is 24.6 Å². The molecule has 1 aliphatic carbocycles. The molecule has 0 heterocycles. The van der Waals surface area contributed by atoms with Gasteiger partial charge in [0.25, 0.3) is 0 Å². The van der Waals surface area contributed by atoms with E-state index < -0.39 is 26.6 Å². The first-order valence-electron chi connectivity index (χ1n) is 11.8. The number of rotatable bonds is 21. The van der Waals surface area contributed by atoms with Gasteiger partial charge in [0.2, 0.25) is 0 Å². The molecule has 0 aromatic heterocycles. The van der Waals surface area contributed by atoms with Gasteiger partial charge in [-0.1, -0.05) is 32.9 Å². The van der Waals surface area contributed by atoms with Crippen molar-refractivity contribution < 1.29 is 42.3 Å². The highest BCUT2D eigenvalue weighted by atomic mass is 31.2. The molecule has 0 saturated heterocycles. The molecule has 11 nitrogen and oxygen atoms in total. The summed E-state index contributed by atoms with van der Waals surface area (Å²) >= 11 is 0. The Morgan fingerprint density at radius 2 is 1.26 bits per heavy atom. The molecule has 0 bridgehead atoms. The van der Waals surface area contributed by atoms with Crippen LogP contribution in [0.5, 0.6) is 0 Å². The number of hydrogen-bond acceptors (Lipinski definition) is 10. The van der Waals surface area contributed by atoms with Gasteiger partial charge in [-0.25, -0.2) is 0 Å². The minimum absolute atomic E-state index is 0.0155. The van der Waals surface area contributed by atoms with E-state index in [0.717, 1.165) is 19.3 Å². The van der Waals surface area contributed by atoms with Crippen LogP contribution in [0.25, 0.3) is 0 Å². The van der Waals surface area contributed by atoms with Gasteiger partial charge in [-0.2, -0.15) is 4.91 Å². The van der Waals surface area contributed by atoms with E-state index in [0.29, 0.717) is 46.2 Å². The second kappa shape index (κ2) is 17.3. The van der Waals surface area contributed by atoms with E-state index in [1.165, 1.54) is 5.29 Å². The molecule has 3 unspecified atom stereocenters. The summed E-state index contributed by atoms with van der Waals surface area (Å²) in [6.07, 6.45) is 3.09. The van der Waals surface area contributed by atoms with Crippen molar-refractivity contribution in [3.8, 4) is 0 Å². The van der Waals surface area contributed by atoms with E-state index in [4.69, 9.17) is 28.0 Å². The predicted octanol–water partition coefficient (Wildman–Crippen LogP) is 3.42. The molecule has 2 N–H and O–H groups in total. The van der Waals surface area contributed by atoms with Crippen LogP contribution in [-0.2, 0) is 32.6 Å². The van der Waals surface area contributed by atoms with Crippen LogP contribution in [0.2, 0.25) is 0 Å². The first kappa shape index (κ1) is 31.8. The smallest absolute Gasteiger partial charge is 0.330 e. The summed E-state index contributed by atoms with van der Waals surface area (Å²) in [5, 5.41) is 4.04. The Hall–Kier alpha value is -0.190. The largest absolute Gasteiger partial charge is 0.377 e. The molecule has 3 atom stereocenters. The minimum atomic E-state index is -3.73. The minimum Gasteiger partial charge on any atom is -0.377 e. The van der Waals surface area contributed by atoms with Gasteiger partial charge < -0.3 is 37.8 Å². The van der Waals surface area contributed by atoms with Crippen molar-refractivity contribution in [3.05, 3.63) is 4.91 Å². The Labute approximate surface area is 203 Å². The fourth-order valence-corrected chi connectivity index (χ4v) is 6.03. The van der Waals surface area contributed by atoms with Gasteiger partial charge in [-0.15, -0.1) is 0 Å². The zero-order valence-corrected chi connectivity index (χ0v) is 22.7. The Kier molecular flexibility index (Phi) is 16.2. The average molecular weight is 532 g/mol. The first-order valence-corrected chi connectivity index (χ1v) is 15.2. The second-order valence-electron chi connectivity index (χ2n) is 8.59. The normalized spacial score (nSPS) is 18.5. The number of ether oxygens (including phenoxy) is 4. The molecule has 1 rings (SSSR count). The fraction of sp³-hybridized carbons (Fsp3) is 0.952. The standard InChI is InChI=1S/C21H43NO10P2/c1-18(2)33(24,21-6-5-7-21)31-15-14-29-11-10-27-8-9-28-12-13-30-16-20(22-23)17-32-34(25,26)19(3)4/h18-20,24H,5-17H2,1-4H3,(H,25,26). The molecule has 0 aromatic carbocycles. The van der Waals surface area contributed by atoms with Gasteiger partial charge in [-0.3, -0.25) is 4.57 Å². The van der Waals surface area contributed by atoms with Crippen LogP contribution in [0.1, 0.15) is 47.0 Å². The zero-order valence-electron chi connectivity index (χ0n) is 20.9. The molecule has 1 fully saturated rings. The average Bonchev–Trinajstić information content (AvgIpc) is 2.74. The van der Waals surface area contributed by atoms with Crippen molar-refractivity contribution in [2.24, 2.45) is 5.18 Å². The van der Waals surface area contributed by atoms with Crippen molar-refractivity contribution in [3.63, 3.8) is 0 Å². The predicted molar refractivity (Wildman–Crippen MR) is 133 cm³/mol.